The minimum Gasteiger partial charge on any atom is -0.340 e. The van der Waals surface area contributed by atoms with Crippen LogP contribution in [0.4, 0.5) is 0 Å². The second-order valence-electron chi connectivity index (χ2n) is 8.15. The Labute approximate surface area is 160 Å². The topological polar surface area (TPSA) is 66.1 Å². The molecule has 1 amide bonds. The summed E-state index contributed by atoms with van der Waals surface area (Å²) in [6.07, 6.45) is 11.1. The number of para-hydroxylation sites is 1. The summed E-state index contributed by atoms with van der Waals surface area (Å²) in [6, 6.07) is 7.75. The molecule has 1 aromatic carbocycles. The third-order valence-electron chi connectivity index (χ3n) is 6.27. The molecule has 1 aromatic heterocycles. The molecule has 0 bridgehead atoms. The average Bonchev–Trinajstić information content (AvgIpc) is 3.15. The SMILES string of the molecule is O=C(CCc1nc2ccccc2c(=O)[nH]1)N1CCC[C@@H]1CC1CCCCC1. The number of carbonyl (C=O) groups is 1. The number of carbonyl (C=O) groups excluding carboxylic acids is 1. The van der Waals surface area contributed by atoms with Crippen LogP contribution in [0.5, 0.6) is 0 Å². The van der Waals surface area contributed by atoms with Crippen molar-refractivity contribution in [1.82, 2.24) is 14.9 Å². The van der Waals surface area contributed by atoms with Crippen molar-refractivity contribution in [1.29, 1.82) is 0 Å². The molecule has 1 atom stereocenters. The van der Waals surface area contributed by atoms with Crippen molar-refractivity contribution < 1.29 is 4.79 Å². The molecule has 2 heterocycles. The van der Waals surface area contributed by atoms with E-state index in [-0.39, 0.29) is 11.5 Å². The number of H-pyrrole nitrogens is 1. The highest BCUT2D eigenvalue weighted by Gasteiger charge is 2.30. The van der Waals surface area contributed by atoms with Crippen molar-refractivity contribution in [2.75, 3.05) is 6.54 Å². The Bertz CT molecular complexity index is 854. The minimum absolute atomic E-state index is 0.126. The lowest BCUT2D eigenvalue weighted by molar-refractivity contribution is -0.132. The quantitative estimate of drug-likeness (QED) is 0.874. The van der Waals surface area contributed by atoms with Gasteiger partial charge in [0.25, 0.3) is 5.56 Å². The number of nitrogens with zero attached hydrogens (tertiary/aromatic N) is 2. The summed E-state index contributed by atoms with van der Waals surface area (Å²) in [5.74, 6) is 1.62. The first-order valence-corrected chi connectivity index (χ1v) is 10.5. The van der Waals surface area contributed by atoms with E-state index in [1.54, 1.807) is 6.07 Å². The number of rotatable bonds is 5. The molecule has 1 N–H and O–H groups in total. The molecule has 2 aliphatic rings. The molecule has 4 rings (SSSR count). The van der Waals surface area contributed by atoms with Crippen LogP contribution in [0.15, 0.2) is 29.1 Å². The first-order valence-electron chi connectivity index (χ1n) is 10.5. The van der Waals surface area contributed by atoms with Crippen LogP contribution in [0.3, 0.4) is 0 Å². The highest BCUT2D eigenvalue weighted by Crippen LogP contribution is 2.32. The van der Waals surface area contributed by atoms with Gasteiger partial charge in [-0.15, -0.1) is 0 Å². The van der Waals surface area contributed by atoms with Gasteiger partial charge < -0.3 is 9.88 Å². The molecule has 5 heteroatoms. The lowest BCUT2D eigenvalue weighted by Crippen LogP contribution is -2.37. The molecule has 144 valence electrons. The lowest BCUT2D eigenvalue weighted by atomic mass is 9.84. The second-order valence-corrected chi connectivity index (χ2v) is 8.15. The first-order chi connectivity index (χ1) is 13.2. The van der Waals surface area contributed by atoms with Crippen LogP contribution in [-0.2, 0) is 11.2 Å². The summed E-state index contributed by atoms with van der Waals surface area (Å²) in [5, 5.41) is 0.597. The minimum atomic E-state index is -0.126. The molecular weight excluding hydrogens is 338 g/mol. The van der Waals surface area contributed by atoms with E-state index in [1.807, 2.05) is 18.2 Å². The highest BCUT2D eigenvalue weighted by molar-refractivity contribution is 5.78. The second kappa shape index (κ2) is 8.24. The van der Waals surface area contributed by atoms with Gasteiger partial charge in [0.05, 0.1) is 10.9 Å². The Hall–Kier alpha value is -2.17. The van der Waals surface area contributed by atoms with Crippen LogP contribution in [0.2, 0.25) is 0 Å². The summed E-state index contributed by atoms with van der Waals surface area (Å²) in [6.45, 7) is 0.887. The van der Waals surface area contributed by atoms with Crippen LogP contribution in [0.25, 0.3) is 10.9 Å². The predicted molar refractivity (Wildman–Crippen MR) is 107 cm³/mol. The number of benzene rings is 1. The first kappa shape index (κ1) is 18.2. The maximum absolute atomic E-state index is 12.8. The van der Waals surface area contributed by atoms with Gasteiger partial charge >= 0.3 is 0 Å². The molecule has 1 saturated carbocycles. The van der Waals surface area contributed by atoms with Gasteiger partial charge in [-0.1, -0.05) is 44.2 Å². The molecular formula is C22H29N3O2. The fourth-order valence-electron chi connectivity index (χ4n) is 4.84. The van der Waals surface area contributed by atoms with Gasteiger partial charge in [0.15, 0.2) is 0 Å². The fourth-order valence-corrected chi connectivity index (χ4v) is 4.84. The zero-order valence-corrected chi connectivity index (χ0v) is 16.0. The average molecular weight is 367 g/mol. The Balaban J connectivity index is 1.37. The number of likely N-dealkylation sites (tertiary alicyclic amines) is 1. The maximum Gasteiger partial charge on any atom is 0.258 e. The van der Waals surface area contributed by atoms with E-state index >= 15 is 0 Å². The lowest BCUT2D eigenvalue weighted by Gasteiger charge is -2.30. The largest absolute Gasteiger partial charge is 0.340 e. The molecule has 0 radical (unpaired) electrons. The number of amides is 1. The maximum atomic E-state index is 12.8. The molecule has 2 fully saturated rings. The molecule has 1 saturated heterocycles. The van der Waals surface area contributed by atoms with E-state index < -0.39 is 0 Å². The number of fused-ring (bicyclic) bond motifs is 1. The van der Waals surface area contributed by atoms with E-state index in [0.29, 0.717) is 35.6 Å². The highest BCUT2D eigenvalue weighted by atomic mass is 16.2. The Morgan fingerprint density at radius 1 is 1.11 bits per heavy atom. The van der Waals surface area contributed by atoms with E-state index in [2.05, 4.69) is 14.9 Å². The smallest absolute Gasteiger partial charge is 0.258 e. The summed E-state index contributed by atoms with van der Waals surface area (Å²) < 4.78 is 0. The monoisotopic (exact) mass is 367 g/mol. The molecule has 5 nitrogen and oxygen atoms in total. The van der Waals surface area contributed by atoms with Gasteiger partial charge in [-0.25, -0.2) is 4.98 Å². The number of aryl methyl sites for hydroxylation is 1. The number of aromatic nitrogens is 2. The zero-order chi connectivity index (χ0) is 18.6. The van der Waals surface area contributed by atoms with Crippen molar-refractivity contribution in [3.63, 3.8) is 0 Å². The molecule has 1 aliphatic carbocycles. The Morgan fingerprint density at radius 2 is 1.93 bits per heavy atom. The predicted octanol–water partition coefficient (Wildman–Crippen LogP) is 3.82. The Kier molecular flexibility index (Phi) is 5.55. The van der Waals surface area contributed by atoms with Crippen LogP contribution >= 0.6 is 0 Å². The van der Waals surface area contributed by atoms with Gasteiger partial charge in [0.2, 0.25) is 5.91 Å². The number of hydrogen-bond donors (Lipinski definition) is 1. The van der Waals surface area contributed by atoms with Crippen molar-refractivity contribution in [3.8, 4) is 0 Å². The van der Waals surface area contributed by atoms with Crippen molar-refractivity contribution >= 4 is 16.8 Å². The molecule has 0 unspecified atom stereocenters. The molecule has 2 aromatic rings. The van der Waals surface area contributed by atoms with Crippen LogP contribution in [0, 0.1) is 5.92 Å². The van der Waals surface area contributed by atoms with Crippen LogP contribution in [-0.4, -0.2) is 33.4 Å². The summed E-state index contributed by atoms with van der Waals surface area (Å²) in [4.78, 5) is 34.5. The summed E-state index contributed by atoms with van der Waals surface area (Å²) in [5.41, 5.74) is 0.569. The third kappa shape index (κ3) is 4.23. The van der Waals surface area contributed by atoms with E-state index in [4.69, 9.17) is 0 Å². The van der Waals surface area contributed by atoms with Crippen molar-refractivity contribution in [2.24, 2.45) is 5.92 Å². The summed E-state index contributed by atoms with van der Waals surface area (Å²) >= 11 is 0. The van der Waals surface area contributed by atoms with E-state index in [1.165, 1.54) is 38.5 Å². The molecule has 27 heavy (non-hydrogen) atoms. The standard InChI is InChI=1S/C22H29N3O2/c26-21(25-14-6-9-17(25)15-16-7-2-1-3-8-16)13-12-20-23-19-11-5-4-10-18(19)22(27)24-20/h4-5,10-11,16-17H,1-3,6-9,12-15H2,(H,23,24,27)/t17-/m1/s1. The van der Waals surface area contributed by atoms with Gasteiger partial charge in [0.1, 0.15) is 5.82 Å². The fraction of sp³-hybridized carbons (Fsp3) is 0.591. The molecule has 0 spiro atoms. The third-order valence-corrected chi connectivity index (χ3v) is 6.27. The van der Waals surface area contributed by atoms with E-state index in [9.17, 15) is 9.59 Å². The van der Waals surface area contributed by atoms with Crippen molar-refractivity contribution in [2.45, 2.75) is 70.3 Å². The van der Waals surface area contributed by atoms with Crippen LogP contribution < -0.4 is 5.56 Å². The Morgan fingerprint density at radius 3 is 2.78 bits per heavy atom. The number of hydrogen-bond acceptors (Lipinski definition) is 3. The van der Waals surface area contributed by atoms with Gasteiger partial charge in [-0.3, -0.25) is 9.59 Å². The van der Waals surface area contributed by atoms with E-state index in [0.717, 1.165) is 25.3 Å². The van der Waals surface area contributed by atoms with Gasteiger partial charge in [-0.2, -0.15) is 0 Å². The normalized spacial score (nSPS) is 21.0. The summed E-state index contributed by atoms with van der Waals surface area (Å²) in [7, 11) is 0. The molecule has 1 aliphatic heterocycles. The van der Waals surface area contributed by atoms with Crippen LogP contribution in [0.1, 0.15) is 63.6 Å². The van der Waals surface area contributed by atoms with Crippen molar-refractivity contribution in [3.05, 3.63) is 40.4 Å². The zero-order valence-electron chi connectivity index (χ0n) is 16.0. The van der Waals surface area contributed by atoms with Gasteiger partial charge in [0, 0.05) is 25.4 Å². The van der Waals surface area contributed by atoms with Gasteiger partial charge in [-0.05, 0) is 37.3 Å². The number of aromatic amines is 1. The number of nitrogens with one attached hydrogen (secondary N) is 1.